The number of carbonyl (C=O) groups excluding carboxylic acids is 1. The van der Waals surface area contributed by atoms with Crippen LogP contribution in [0.5, 0.6) is 0 Å². The number of nitriles is 1. The number of aliphatic hydroxyl groups excluding tert-OH is 1. The molecule has 0 spiro atoms. The largest absolute Gasteiger partial charge is 0.400 e. The number of hydrogen-bond donors (Lipinski definition) is 2. The van der Waals surface area contributed by atoms with E-state index in [1.807, 2.05) is 34.8 Å². The molecule has 0 bridgehead atoms. The summed E-state index contributed by atoms with van der Waals surface area (Å²) in [7, 11) is 1.00. The lowest BCUT2D eigenvalue weighted by Gasteiger charge is -2.39. The lowest BCUT2D eigenvalue weighted by molar-refractivity contribution is -0.122. The number of nitrogens with two attached hydrogens (primary N) is 1. The molecule has 0 atom stereocenters. The summed E-state index contributed by atoms with van der Waals surface area (Å²) in [6.45, 7) is 2.97. The third-order valence-corrected chi connectivity index (χ3v) is 7.13. The summed E-state index contributed by atoms with van der Waals surface area (Å²) in [6, 6.07) is 15.2. The Labute approximate surface area is 224 Å². The van der Waals surface area contributed by atoms with E-state index in [1.54, 1.807) is 12.3 Å². The van der Waals surface area contributed by atoms with Crippen LogP contribution in [0.4, 0.5) is 11.6 Å². The predicted octanol–water partition coefficient (Wildman–Crippen LogP) is 3.11. The number of rotatable bonds is 5. The Balaban J connectivity index is 0.00000144. The zero-order valence-corrected chi connectivity index (χ0v) is 21.6. The minimum Gasteiger partial charge on any atom is -0.400 e. The Morgan fingerprint density at radius 1 is 1.08 bits per heavy atom. The number of anilines is 2. The number of amides is 1. The second kappa shape index (κ2) is 10.7. The zero-order valence-electron chi connectivity index (χ0n) is 20.9. The average molecular weight is 531 g/mol. The SMILES string of the molecule is CO.N#Cc1ccc(-c2nn3c(N4CC(C(N)=O)C4)cc(N4CCCC4)nc3c2-c2ccc(Cl)cc2)cn1. The van der Waals surface area contributed by atoms with Crippen molar-refractivity contribution >= 4 is 34.8 Å². The molecule has 2 fully saturated rings. The topological polar surface area (TPSA) is 137 Å². The van der Waals surface area contributed by atoms with Crippen molar-refractivity contribution in [2.45, 2.75) is 12.8 Å². The summed E-state index contributed by atoms with van der Waals surface area (Å²) in [5, 5.41) is 21.8. The van der Waals surface area contributed by atoms with E-state index >= 15 is 0 Å². The molecular weight excluding hydrogens is 504 g/mol. The van der Waals surface area contributed by atoms with Crippen LogP contribution < -0.4 is 15.5 Å². The molecule has 38 heavy (non-hydrogen) atoms. The summed E-state index contributed by atoms with van der Waals surface area (Å²) >= 11 is 6.20. The maximum atomic E-state index is 11.7. The fraction of sp³-hybridized carbons (Fsp3) is 0.296. The van der Waals surface area contributed by atoms with Crippen molar-refractivity contribution in [3.05, 3.63) is 59.4 Å². The van der Waals surface area contributed by atoms with Gasteiger partial charge in [0.25, 0.3) is 0 Å². The molecule has 0 unspecified atom stereocenters. The summed E-state index contributed by atoms with van der Waals surface area (Å²) in [4.78, 5) is 25.5. The van der Waals surface area contributed by atoms with Crippen molar-refractivity contribution < 1.29 is 9.90 Å². The molecule has 0 saturated carbocycles. The van der Waals surface area contributed by atoms with Gasteiger partial charge in [-0.2, -0.15) is 14.9 Å². The van der Waals surface area contributed by atoms with Crippen molar-refractivity contribution in [1.29, 1.82) is 5.26 Å². The van der Waals surface area contributed by atoms with E-state index in [4.69, 9.17) is 32.5 Å². The van der Waals surface area contributed by atoms with Crippen LogP contribution in [-0.2, 0) is 4.79 Å². The van der Waals surface area contributed by atoms with Crippen molar-refractivity contribution in [3.63, 3.8) is 0 Å². The lowest BCUT2D eigenvalue weighted by atomic mass is 9.99. The minimum absolute atomic E-state index is 0.183. The molecule has 1 aromatic carbocycles. The first kappa shape index (κ1) is 25.4. The van der Waals surface area contributed by atoms with Gasteiger partial charge in [-0.25, -0.2) is 9.97 Å². The monoisotopic (exact) mass is 530 g/mol. The summed E-state index contributed by atoms with van der Waals surface area (Å²) in [5.74, 6) is 1.28. The molecule has 11 heteroatoms. The zero-order chi connectivity index (χ0) is 26.8. The first-order valence-corrected chi connectivity index (χ1v) is 12.7. The van der Waals surface area contributed by atoms with E-state index in [2.05, 4.69) is 26.9 Å². The second-order valence-corrected chi connectivity index (χ2v) is 9.62. The molecule has 10 nitrogen and oxygen atoms in total. The van der Waals surface area contributed by atoms with Crippen molar-refractivity contribution in [3.8, 4) is 28.5 Å². The lowest BCUT2D eigenvalue weighted by Crippen LogP contribution is -2.53. The van der Waals surface area contributed by atoms with Crippen LogP contribution in [0.25, 0.3) is 28.0 Å². The number of halogens is 1. The Hall–Kier alpha value is -4.20. The molecule has 5 heterocycles. The van der Waals surface area contributed by atoms with Gasteiger partial charge in [0.05, 0.1) is 11.5 Å². The summed E-state index contributed by atoms with van der Waals surface area (Å²) in [6.07, 6.45) is 3.91. The maximum Gasteiger partial charge on any atom is 0.224 e. The first-order valence-electron chi connectivity index (χ1n) is 12.3. The fourth-order valence-electron chi connectivity index (χ4n) is 4.85. The van der Waals surface area contributed by atoms with Gasteiger partial charge in [-0.15, -0.1) is 0 Å². The minimum atomic E-state index is -0.289. The molecule has 4 aromatic rings. The number of hydrogen-bond acceptors (Lipinski definition) is 8. The number of benzene rings is 1. The Bertz CT molecular complexity index is 1500. The molecule has 2 aliphatic rings. The molecule has 6 rings (SSSR count). The van der Waals surface area contributed by atoms with Crippen LogP contribution in [0.3, 0.4) is 0 Å². The van der Waals surface area contributed by atoms with Crippen LogP contribution in [0.15, 0.2) is 48.7 Å². The number of fused-ring (bicyclic) bond motifs is 1. The number of primary amides is 1. The van der Waals surface area contributed by atoms with Crippen LogP contribution in [-0.4, -0.2) is 63.9 Å². The van der Waals surface area contributed by atoms with Gasteiger partial charge in [0.15, 0.2) is 5.65 Å². The molecule has 2 saturated heterocycles. The van der Waals surface area contributed by atoms with Gasteiger partial charge in [-0.1, -0.05) is 23.7 Å². The van der Waals surface area contributed by atoms with Gasteiger partial charge >= 0.3 is 0 Å². The van der Waals surface area contributed by atoms with Crippen LogP contribution in [0, 0.1) is 17.2 Å². The summed E-state index contributed by atoms with van der Waals surface area (Å²) in [5.41, 5.74) is 9.84. The van der Waals surface area contributed by atoms with E-state index in [-0.39, 0.29) is 11.8 Å². The van der Waals surface area contributed by atoms with E-state index in [9.17, 15) is 10.1 Å². The van der Waals surface area contributed by atoms with Gasteiger partial charge in [-0.05, 0) is 42.7 Å². The second-order valence-electron chi connectivity index (χ2n) is 9.18. The van der Waals surface area contributed by atoms with E-state index in [1.165, 1.54) is 0 Å². The number of aromatic nitrogens is 4. The van der Waals surface area contributed by atoms with Gasteiger partial charge in [0, 0.05) is 56.1 Å². The number of pyridine rings is 1. The molecular formula is C27H27ClN8O2. The molecule has 2 aliphatic heterocycles. The van der Waals surface area contributed by atoms with Crippen LogP contribution in [0.2, 0.25) is 5.02 Å². The maximum absolute atomic E-state index is 11.7. The molecule has 3 N–H and O–H groups in total. The third kappa shape index (κ3) is 4.62. The molecule has 0 aliphatic carbocycles. The van der Waals surface area contributed by atoms with Crippen LogP contribution >= 0.6 is 11.6 Å². The predicted molar refractivity (Wildman–Crippen MR) is 146 cm³/mol. The third-order valence-electron chi connectivity index (χ3n) is 6.88. The smallest absolute Gasteiger partial charge is 0.224 e. The van der Waals surface area contributed by atoms with Crippen molar-refractivity contribution in [1.82, 2.24) is 19.6 Å². The highest BCUT2D eigenvalue weighted by atomic mass is 35.5. The highest BCUT2D eigenvalue weighted by molar-refractivity contribution is 6.30. The Kier molecular flexibility index (Phi) is 7.13. The molecule has 194 valence electrons. The number of carbonyl (C=O) groups is 1. The Morgan fingerprint density at radius 2 is 1.76 bits per heavy atom. The normalized spacial score (nSPS) is 15.1. The van der Waals surface area contributed by atoms with Gasteiger partial charge in [0.2, 0.25) is 5.91 Å². The average Bonchev–Trinajstić information content (AvgIpc) is 3.58. The molecule has 3 aromatic heterocycles. The number of aliphatic hydroxyl groups is 1. The fourth-order valence-corrected chi connectivity index (χ4v) is 4.98. The van der Waals surface area contributed by atoms with Crippen molar-refractivity contribution in [2.24, 2.45) is 11.7 Å². The summed E-state index contributed by atoms with van der Waals surface area (Å²) < 4.78 is 1.84. The highest BCUT2D eigenvalue weighted by Crippen LogP contribution is 2.39. The Morgan fingerprint density at radius 3 is 2.37 bits per heavy atom. The quantitative estimate of drug-likeness (QED) is 0.401. The van der Waals surface area contributed by atoms with E-state index < -0.39 is 0 Å². The number of nitrogens with zero attached hydrogens (tertiary/aromatic N) is 7. The standard InChI is InChI=1S/C26H23ClN8O.CH4O/c27-19-6-3-16(4-7-19)23-24(17-5-8-20(12-28)30-13-17)32-35-22(34-14-18(15-34)25(29)36)11-21(31-26(23)35)33-9-1-2-10-33;1-2/h3-8,11,13,18H,1-2,9-10,14-15H2,(H2,29,36);2H,1H3. The van der Waals surface area contributed by atoms with Crippen LogP contribution in [0.1, 0.15) is 18.5 Å². The van der Waals surface area contributed by atoms with Crippen molar-refractivity contribution in [2.75, 3.05) is 43.1 Å². The highest BCUT2D eigenvalue weighted by Gasteiger charge is 2.34. The van der Waals surface area contributed by atoms with E-state index in [0.29, 0.717) is 35.1 Å². The first-order chi connectivity index (χ1) is 18.5. The van der Waals surface area contributed by atoms with E-state index in [0.717, 1.165) is 61.4 Å². The van der Waals surface area contributed by atoms with Gasteiger partial charge < -0.3 is 20.6 Å². The van der Waals surface area contributed by atoms with Gasteiger partial charge in [0.1, 0.15) is 29.1 Å². The molecule has 0 radical (unpaired) electrons. The van der Waals surface area contributed by atoms with Gasteiger partial charge in [-0.3, -0.25) is 4.79 Å². The molecule has 1 amide bonds.